The number of halogens is 1. The van der Waals surface area contributed by atoms with E-state index in [1.807, 2.05) is 25.1 Å². The van der Waals surface area contributed by atoms with Crippen molar-refractivity contribution in [2.24, 2.45) is 22.1 Å². The smallest absolute Gasteiger partial charge is 0.330 e. The standard InChI is InChI=1S/C38H49ClN4O6S/c1-24-7-5-9-34(47-4)26(3)25(2)18-42-22-38(14-6-8-27-15-29(39)11-12-32(27)38)23-49-35-13-10-28(16-33(35)42)36(44)40-50(46,21-24)41-37(45)43-30-17-31(43)20-48-19-30/h5,9-13,15-16,24-26,30-31,34H,6-8,14,17-23H2,1-4H3,(H,40,41,44,45,46)/b9-5-/t24-,25-,26+,30?,31?,34-,38-,50?/m0/s1. The van der Waals surface area contributed by atoms with Crippen molar-refractivity contribution in [3.63, 3.8) is 0 Å². The Morgan fingerprint density at radius 1 is 1.14 bits per heavy atom. The number of carbonyl (C=O) groups excluding carboxylic acids is 2. The first-order valence-corrected chi connectivity index (χ1v) is 20.0. The lowest BCUT2D eigenvalue weighted by Crippen LogP contribution is -2.68. The van der Waals surface area contributed by atoms with Gasteiger partial charge in [0.15, 0.2) is 0 Å². The van der Waals surface area contributed by atoms with Crippen LogP contribution in [0.3, 0.4) is 0 Å². The Bertz CT molecular complexity index is 1780. The van der Waals surface area contributed by atoms with Crippen LogP contribution in [0.5, 0.6) is 5.75 Å². The molecule has 2 fully saturated rings. The van der Waals surface area contributed by atoms with Gasteiger partial charge in [-0.1, -0.05) is 50.6 Å². The van der Waals surface area contributed by atoms with Crippen LogP contribution >= 0.6 is 11.6 Å². The maximum atomic E-state index is 14.6. The highest BCUT2D eigenvalue weighted by atomic mass is 35.5. The van der Waals surface area contributed by atoms with Crippen LogP contribution < -0.4 is 14.4 Å². The first kappa shape index (κ1) is 35.3. The molecule has 4 heterocycles. The number of anilines is 1. The van der Waals surface area contributed by atoms with Crippen molar-refractivity contribution in [3.05, 3.63) is 70.3 Å². The number of ether oxygens (including phenoxy) is 3. The maximum absolute atomic E-state index is 14.6. The zero-order chi connectivity index (χ0) is 35.2. The summed E-state index contributed by atoms with van der Waals surface area (Å²) in [6.07, 6.45) is 8.44. The molecule has 3 amide bonds. The Morgan fingerprint density at radius 2 is 1.94 bits per heavy atom. The monoisotopic (exact) mass is 724 g/mol. The molecule has 2 aromatic rings. The van der Waals surface area contributed by atoms with Crippen LogP contribution in [0, 0.1) is 17.8 Å². The van der Waals surface area contributed by atoms with E-state index in [4.69, 9.17) is 25.8 Å². The molecule has 1 spiro atoms. The highest BCUT2D eigenvalue weighted by molar-refractivity contribution is 7.92. The molecule has 1 N–H and O–H groups in total. The SMILES string of the molecule is CO[C@H]1/C=C\C[C@H](C)CS(=O)(NC(=O)N2C3COCC2C3)=NC(=O)c2ccc3c(c2)N(C[C@H](C)[C@H]1C)C[C@@]1(CCCc2cc(Cl)ccc21)CO3. The van der Waals surface area contributed by atoms with E-state index in [2.05, 4.69) is 52.1 Å². The molecule has 4 bridgehead atoms. The number of hydrogen-bond acceptors (Lipinski definition) is 7. The van der Waals surface area contributed by atoms with Gasteiger partial charge in [-0.05, 0) is 91.3 Å². The average molecular weight is 725 g/mol. The molecule has 0 aromatic heterocycles. The van der Waals surface area contributed by atoms with Crippen LogP contribution in [0.4, 0.5) is 10.5 Å². The molecular formula is C38H49ClN4O6S. The van der Waals surface area contributed by atoms with Crippen molar-refractivity contribution < 1.29 is 28.0 Å². The summed E-state index contributed by atoms with van der Waals surface area (Å²) in [5.41, 5.74) is 3.35. The van der Waals surface area contributed by atoms with Gasteiger partial charge >= 0.3 is 6.03 Å². The Kier molecular flexibility index (Phi) is 9.97. The van der Waals surface area contributed by atoms with Gasteiger partial charge in [-0.2, -0.15) is 0 Å². The van der Waals surface area contributed by atoms with E-state index in [-0.39, 0.29) is 47.1 Å². The van der Waals surface area contributed by atoms with Crippen LogP contribution in [0.2, 0.25) is 5.02 Å². The van der Waals surface area contributed by atoms with Gasteiger partial charge in [0.05, 0.1) is 49.4 Å². The predicted molar refractivity (Wildman–Crippen MR) is 195 cm³/mol. The molecule has 8 atom stereocenters. The van der Waals surface area contributed by atoms with E-state index in [0.717, 1.165) is 36.4 Å². The molecule has 2 saturated heterocycles. The first-order chi connectivity index (χ1) is 24.0. The number of allylic oxidation sites excluding steroid dienone is 1. The third kappa shape index (κ3) is 6.90. The number of aryl methyl sites for hydroxylation is 1. The number of urea groups is 1. The highest BCUT2D eigenvalue weighted by Gasteiger charge is 2.46. The van der Waals surface area contributed by atoms with Crippen LogP contribution in [0.1, 0.15) is 67.9 Å². The number of benzene rings is 2. The fraction of sp³-hybridized carbons (Fsp3) is 0.579. The Balaban J connectivity index is 1.28. The topological polar surface area (TPSA) is 110 Å². The third-order valence-corrected chi connectivity index (χ3v) is 13.7. The van der Waals surface area contributed by atoms with Gasteiger partial charge in [-0.3, -0.25) is 9.52 Å². The number of methoxy groups -OCH3 is 1. The molecular weight excluding hydrogens is 676 g/mol. The summed E-state index contributed by atoms with van der Waals surface area (Å²) in [5.74, 6) is 0.354. The number of hydrogen-bond donors (Lipinski definition) is 1. The Labute approximate surface area is 301 Å². The van der Waals surface area contributed by atoms with Crippen molar-refractivity contribution in [3.8, 4) is 5.75 Å². The number of fused-ring (bicyclic) bond motifs is 5. The molecule has 3 unspecified atom stereocenters. The number of nitrogens with zero attached hydrogens (tertiary/aromatic N) is 3. The normalized spacial score (nSPS) is 34.8. The van der Waals surface area contributed by atoms with E-state index >= 15 is 0 Å². The summed E-state index contributed by atoms with van der Waals surface area (Å²) in [7, 11) is -1.74. The second-order valence-corrected chi connectivity index (χ2v) is 17.6. The molecule has 50 heavy (non-hydrogen) atoms. The molecule has 12 heteroatoms. The lowest BCUT2D eigenvalue weighted by Gasteiger charge is -2.51. The second-order valence-electron chi connectivity index (χ2n) is 15.2. The van der Waals surface area contributed by atoms with Crippen molar-refractivity contribution >= 4 is 39.1 Å². The van der Waals surface area contributed by atoms with E-state index in [0.29, 0.717) is 50.6 Å². The largest absolute Gasteiger partial charge is 0.490 e. The van der Waals surface area contributed by atoms with Gasteiger partial charge in [0.1, 0.15) is 15.7 Å². The van der Waals surface area contributed by atoms with E-state index in [9.17, 15) is 13.8 Å². The van der Waals surface area contributed by atoms with E-state index < -0.39 is 21.9 Å². The van der Waals surface area contributed by atoms with Crippen LogP contribution in [0.25, 0.3) is 0 Å². The summed E-state index contributed by atoms with van der Waals surface area (Å²) < 4.78 is 39.8. The zero-order valence-electron chi connectivity index (χ0n) is 29.4. The third-order valence-electron chi connectivity index (χ3n) is 11.5. The van der Waals surface area contributed by atoms with Crippen molar-refractivity contribution in [2.45, 2.75) is 76.5 Å². The number of morpholine rings is 1. The summed E-state index contributed by atoms with van der Waals surface area (Å²) >= 11 is 6.45. The van der Waals surface area contributed by atoms with Gasteiger partial charge in [-0.15, -0.1) is 4.36 Å². The minimum atomic E-state index is -3.48. The molecule has 10 nitrogen and oxygen atoms in total. The van der Waals surface area contributed by atoms with Crippen molar-refractivity contribution in [1.29, 1.82) is 0 Å². The average Bonchev–Trinajstić information content (AvgIpc) is 3.22. The molecule has 5 aliphatic rings. The van der Waals surface area contributed by atoms with Gasteiger partial charge in [0.2, 0.25) is 0 Å². The fourth-order valence-electron chi connectivity index (χ4n) is 8.60. The second kappa shape index (κ2) is 14.1. The van der Waals surface area contributed by atoms with Crippen LogP contribution in [0.15, 0.2) is 52.9 Å². The van der Waals surface area contributed by atoms with Gasteiger partial charge in [0.25, 0.3) is 5.91 Å². The zero-order valence-corrected chi connectivity index (χ0v) is 31.0. The Morgan fingerprint density at radius 3 is 2.70 bits per heavy atom. The quantitative estimate of drug-likeness (QED) is 0.357. The summed E-state index contributed by atoms with van der Waals surface area (Å²) in [6.45, 7) is 9.24. The lowest BCUT2D eigenvalue weighted by molar-refractivity contribution is -0.0985. The minimum Gasteiger partial charge on any atom is -0.490 e. The maximum Gasteiger partial charge on any atom is 0.330 e. The number of amides is 3. The number of nitrogens with one attached hydrogen (secondary N) is 1. The van der Waals surface area contributed by atoms with Crippen LogP contribution in [-0.2, 0) is 31.2 Å². The summed E-state index contributed by atoms with van der Waals surface area (Å²) in [5, 5.41) is 0.737. The molecule has 0 saturated carbocycles. The Hall–Kier alpha value is -3.12. The molecule has 2 aromatic carbocycles. The van der Waals surface area contributed by atoms with Gasteiger partial charge in [-0.25, -0.2) is 9.00 Å². The van der Waals surface area contributed by atoms with Gasteiger partial charge < -0.3 is 24.0 Å². The van der Waals surface area contributed by atoms with Crippen molar-refractivity contribution in [2.75, 3.05) is 50.7 Å². The molecule has 4 aliphatic heterocycles. The molecule has 0 radical (unpaired) electrons. The van der Waals surface area contributed by atoms with Gasteiger partial charge in [0, 0.05) is 36.2 Å². The number of rotatable bonds is 2. The highest BCUT2D eigenvalue weighted by Crippen LogP contribution is 2.45. The summed E-state index contributed by atoms with van der Waals surface area (Å²) in [4.78, 5) is 31.5. The lowest BCUT2D eigenvalue weighted by atomic mass is 9.70. The number of carbonyl (C=O) groups is 2. The van der Waals surface area contributed by atoms with Crippen LogP contribution in [-0.4, -0.2) is 85.0 Å². The van der Waals surface area contributed by atoms with E-state index in [1.165, 1.54) is 11.1 Å². The molecule has 1 aliphatic carbocycles. The fourth-order valence-corrected chi connectivity index (χ4v) is 10.7. The van der Waals surface area contributed by atoms with Crippen molar-refractivity contribution in [1.82, 2.24) is 9.62 Å². The molecule has 7 rings (SSSR count). The predicted octanol–water partition coefficient (Wildman–Crippen LogP) is 6.40. The summed E-state index contributed by atoms with van der Waals surface area (Å²) in [6, 6.07) is 11.0. The molecule has 270 valence electrons. The van der Waals surface area contributed by atoms with E-state index in [1.54, 1.807) is 18.1 Å². The first-order valence-electron chi connectivity index (χ1n) is 17.9. The minimum absolute atomic E-state index is 0.0320.